The van der Waals surface area contributed by atoms with E-state index in [0.29, 0.717) is 51.5 Å². The maximum absolute atomic E-state index is 13.7. The van der Waals surface area contributed by atoms with Gasteiger partial charge in [0.25, 0.3) is 11.5 Å². The molecule has 0 aliphatic carbocycles. The van der Waals surface area contributed by atoms with Gasteiger partial charge in [-0.2, -0.15) is 0 Å². The number of hydrogen-bond donors (Lipinski definition) is 1. The van der Waals surface area contributed by atoms with Crippen molar-refractivity contribution < 1.29 is 4.79 Å². The minimum absolute atomic E-state index is 0.0422. The predicted molar refractivity (Wildman–Crippen MR) is 146 cm³/mol. The quantitative estimate of drug-likeness (QED) is 0.389. The third-order valence-electron chi connectivity index (χ3n) is 6.31. The largest absolute Gasteiger partial charge is 0.353 e. The lowest BCUT2D eigenvalue weighted by Crippen LogP contribution is -2.41. The molecule has 0 radical (unpaired) electrons. The number of carbonyl (C=O) groups is 1. The van der Waals surface area contributed by atoms with Crippen LogP contribution >= 0.6 is 23.2 Å². The van der Waals surface area contributed by atoms with E-state index >= 15 is 0 Å². The Balaban J connectivity index is 1.50. The van der Waals surface area contributed by atoms with E-state index in [-0.39, 0.29) is 24.1 Å². The smallest absolute Gasteiger partial charge is 0.263 e. The standard InChI is InChI=1S/C27H26Cl2N6O2/c1-16(2)31-27-32-23-15-34(25(36)18-6-9-21(28)22(29)14-18)12-10-20(23)26(37)35(27)19-7-4-17(5-8-19)24-30-11-13-33(24)3/h4-9,11,13-14,16H,10,12,15H2,1-3H3,(H,31,32). The summed E-state index contributed by atoms with van der Waals surface area (Å²) in [6.07, 6.45) is 4.05. The highest BCUT2D eigenvalue weighted by molar-refractivity contribution is 6.42. The lowest BCUT2D eigenvalue weighted by molar-refractivity contribution is 0.0731. The van der Waals surface area contributed by atoms with Gasteiger partial charge in [-0.15, -0.1) is 0 Å². The maximum Gasteiger partial charge on any atom is 0.263 e. The first-order chi connectivity index (χ1) is 17.7. The van der Waals surface area contributed by atoms with Crippen LogP contribution in [0.15, 0.2) is 59.7 Å². The molecule has 37 heavy (non-hydrogen) atoms. The normalized spacial score (nSPS) is 13.1. The van der Waals surface area contributed by atoms with Crippen LogP contribution in [0.3, 0.4) is 0 Å². The zero-order chi connectivity index (χ0) is 26.3. The first-order valence-corrected chi connectivity index (χ1v) is 12.7. The number of halogens is 2. The van der Waals surface area contributed by atoms with Gasteiger partial charge in [-0.3, -0.25) is 9.59 Å². The maximum atomic E-state index is 13.7. The number of carbonyl (C=O) groups excluding carboxylic acids is 1. The second-order valence-corrected chi connectivity index (χ2v) is 10.1. The van der Waals surface area contributed by atoms with E-state index in [1.54, 1.807) is 33.9 Å². The van der Waals surface area contributed by atoms with Crippen LogP contribution in [0.25, 0.3) is 17.1 Å². The SMILES string of the molecule is CC(C)Nc1nc2c(c(=O)n1-c1ccc(-c3nccn3C)cc1)CCN(C(=O)c1ccc(Cl)c(Cl)c1)C2. The molecule has 1 aliphatic heterocycles. The molecule has 0 saturated carbocycles. The van der Waals surface area contributed by atoms with Gasteiger partial charge in [0.05, 0.1) is 28.0 Å². The van der Waals surface area contributed by atoms with Gasteiger partial charge in [0.15, 0.2) is 0 Å². The number of aryl methyl sites for hydroxylation is 1. The summed E-state index contributed by atoms with van der Waals surface area (Å²) in [5, 5.41) is 4.02. The summed E-state index contributed by atoms with van der Waals surface area (Å²) in [7, 11) is 1.94. The van der Waals surface area contributed by atoms with Gasteiger partial charge in [0.2, 0.25) is 5.95 Å². The molecule has 5 rings (SSSR count). The molecule has 0 spiro atoms. The molecular formula is C27H26Cl2N6O2. The summed E-state index contributed by atoms with van der Waals surface area (Å²) in [4.78, 5) is 37.8. The van der Waals surface area contributed by atoms with Crippen LogP contribution in [-0.2, 0) is 20.0 Å². The van der Waals surface area contributed by atoms with Gasteiger partial charge in [0, 0.05) is 48.7 Å². The van der Waals surface area contributed by atoms with Gasteiger partial charge in [-0.05, 0) is 62.7 Å². The molecule has 190 valence electrons. The van der Waals surface area contributed by atoms with Crippen molar-refractivity contribution in [2.24, 2.45) is 7.05 Å². The fourth-order valence-corrected chi connectivity index (χ4v) is 4.77. The summed E-state index contributed by atoms with van der Waals surface area (Å²) in [6, 6.07) is 12.5. The van der Waals surface area contributed by atoms with E-state index < -0.39 is 0 Å². The first kappa shape index (κ1) is 25.0. The molecule has 10 heteroatoms. The monoisotopic (exact) mass is 536 g/mol. The van der Waals surface area contributed by atoms with Crippen LogP contribution in [0.2, 0.25) is 10.0 Å². The third-order valence-corrected chi connectivity index (χ3v) is 7.05. The van der Waals surface area contributed by atoms with E-state index in [9.17, 15) is 9.59 Å². The number of imidazole rings is 1. The van der Waals surface area contributed by atoms with E-state index in [1.807, 2.05) is 55.9 Å². The van der Waals surface area contributed by atoms with Crippen LogP contribution in [-0.4, -0.2) is 42.5 Å². The van der Waals surface area contributed by atoms with E-state index in [4.69, 9.17) is 28.2 Å². The summed E-state index contributed by atoms with van der Waals surface area (Å²) in [6.45, 7) is 4.61. The minimum Gasteiger partial charge on any atom is -0.353 e. The molecular weight excluding hydrogens is 511 g/mol. The Hall–Kier alpha value is -3.62. The van der Waals surface area contributed by atoms with E-state index in [0.717, 1.165) is 11.4 Å². The van der Waals surface area contributed by atoms with Crippen LogP contribution in [0, 0.1) is 0 Å². The molecule has 0 atom stereocenters. The van der Waals surface area contributed by atoms with Crippen LogP contribution in [0.1, 0.15) is 35.5 Å². The van der Waals surface area contributed by atoms with Crippen molar-refractivity contribution in [1.29, 1.82) is 0 Å². The average molecular weight is 537 g/mol. The van der Waals surface area contributed by atoms with Crippen molar-refractivity contribution in [3.63, 3.8) is 0 Å². The van der Waals surface area contributed by atoms with Crippen molar-refractivity contribution in [2.75, 3.05) is 11.9 Å². The lowest BCUT2D eigenvalue weighted by atomic mass is 10.0. The number of nitrogens with zero attached hydrogens (tertiary/aromatic N) is 5. The molecule has 0 fully saturated rings. The van der Waals surface area contributed by atoms with Gasteiger partial charge >= 0.3 is 0 Å². The molecule has 8 nitrogen and oxygen atoms in total. The molecule has 3 heterocycles. The van der Waals surface area contributed by atoms with Gasteiger partial charge < -0.3 is 14.8 Å². The van der Waals surface area contributed by atoms with Crippen molar-refractivity contribution in [3.8, 4) is 17.1 Å². The number of nitrogens with one attached hydrogen (secondary N) is 1. The number of rotatable bonds is 5. The summed E-state index contributed by atoms with van der Waals surface area (Å²) >= 11 is 12.1. The second-order valence-electron chi connectivity index (χ2n) is 9.31. The lowest BCUT2D eigenvalue weighted by Gasteiger charge is -2.29. The van der Waals surface area contributed by atoms with Crippen molar-refractivity contribution >= 4 is 35.1 Å². The molecule has 2 aromatic carbocycles. The second kappa shape index (κ2) is 10.0. The Bertz CT molecular complexity index is 1540. The molecule has 1 N–H and O–H groups in total. The zero-order valence-corrected chi connectivity index (χ0v) is 22.2. The highest BCUT2D eigenvalue weighted by Crippen LogP contribution is 2.26. The number of hydrogen-bond acceptors (Lipinski definition) is 5. The average Bonchev–Trinajstić information content (AvgIpc) is 3.30. The Morgan fingerprint density at radius 2 is 1.84 bits per heavy atom. The molecule has 4 aromatic rings. The van der Waals surface area contributed by atoms with Crippen LogP contribution in [0.4, 0.5) is 5.95 Å². The van der Waals surface area contributed by atoms with Gasteiger partial charge in [-0.1, -0.05) is 23.2 Å². The minimum atomic E-state index is -0.182. The third kappa shape index (κ3) is 4.86. The topological polar surface area (TPSA) is 85.1 Å². The van der Waals surface area contributed by atoms with Crippen LogP contribution in [0.5, 0.6) is 0 Å². The summed E-state index contributed by atoms with van der Waals surface area (Å²) in [5.74, 6) is 1.10. The number of fused-ring (bicyclic) bond motifs is 1. The number of anilines is 1. The van der Waals surface area contributed by atoms with Crippen molar-refractivity contribution in [1.82, 2.24) is 24.0 Å². The highest BCUT2D eigenvalue weighted by atomic mass is 35.5. The van der Waals surface area contributed by atoms with E-state index in [2.05, 4.69) is 10.3 Å². The fourth-order valence-electron chi connectivity index (χ4n) is 4.47. The Kier molecular flexibility index (Phi) is 6.79. The Morgan fingerprint density at radius 3 is 2.49 bits per heavy atom. The molecule has 2 aromatic heterocycles. The fraction of sp³-hybridized carbons (Fsp3) is 0.259. The Labute approximate surface area is 224 Å². The predicted octanol–water partition coefficient (Wildman–Crippen LogP) is 4.96. The van der Waals surface area contributed by atoms with Gasteiger partial charge in [0.1, 0.15) is 5.82 Å². The molecule has 1 amide bonds. The summed E-state index contributed by atoms with van der Waals surface area (Å²) in [5.41, 5.74) is 3.16. The Morgan fingerprint density at radius 1 is 1.08 bits per heavy atom. The molecule has 0 unspecified atom stereocenters. The summed E-state index contributed by atoms with van der Waals surface area (Å²) < 4.78 is 3.55. The molecule has 0 bridgehead atoms. The van der Waals surface area contributed by atoms with E-state index in [1.165, 1.54) is 0 Å². The number of amides is 1. The molecule has 1 aliphatic rings. The van der Waals surface area contributed by atoms with Crippen LogP contribution < -0.4 is 10.9 Å². The van der Waals surface area contributed by atoms with Gasteiger partial charge in [-0.25, -0.2) is 14.5 Å². The zero-order valence-electron chi connectivity index (χ0n) is 20.7. The van der Waals surface area contributed by atoms with Crippen molar-refractivity contribution in [3.05, 3.63) is 92.1 Å². The number of benzene rings is 2. The first-order valence-electron chi connectivity index (χ1n) is 12.0. The van der Waals surface area contributed by atoms with Crippen molar-refractivity contribution in [2.45, 2.75) is 32.9 Å². The molecule has 0 saturated heterocycles. The highest BCUT2D eigenvalue weighted by Gasteiger charge is 2.27. The number of aromatic nitrogens is 4.